The van der Waals surface area contributed by atoms with E-state index in [1.165, 1.54) is 21.8 Å². The molecule has 1 aromatic carbocycles. The third-order valence-corrected chi connectivity index (χ3v) is 4.18. The van der Waals surface area contributed by atoms with E-state index in [2.05, 4.69) is 60.7 Å². The standard InChI is InChI=1S/C17H20N2/c1-12(2)13(3)11-19-16-7-5-4-6-14(16)15-8-9-18-10-17(15)19/h4-10,12-13H,11H2,1-3H3. The van der Waals surface area contributed by atoms with Gasteiger partial charge < -0.3 is 4.57 Å². The van der Waals surface area contributed by atoms with Gasteiger partial charge in [0.25, 0.3) is 0 Å². The minimum Gasteiger partial charge on any atom is -0.339 e. The number of hydrogen-bond acceptors (Lipinski definition) is 1. The van der Waals surface area contributed by atoms with Crippen LogP contribution in [0, 0.1) is 11.8 Å². The molecule has 1 atom stereocenters. The van der Waals surface area contributed by atoms with E-state index in [-0.39, 0.29) is 0 Å². The third kappa shape index (κ3) is 2.01. The predicted octanol–water partition coefficient (Wildman–Crippen LogP) is 4.48. The lowest BCUT2D eigenvalue weighted by molar-refractivity contribution is 0.374. The average Bonchev–Trinajstić information content (AvgIpc) is 2.74. The first-order valence-corrected chi connectivity index (χ1v) is 6.99. The summed E-state index contributed by atoms with van der Waals surface area (Å²) in [5.41, 5.74) is 2.56. The zero-order valence-corrected chi connectivity index (χ0v) is 11.8. The van der Waals surface area contributed by atoms with Crippen molar-refractivity contribution in [2.75, 3.05) is 0 Å². The molecule has 2 aromatic heterocycles. The van der Waals surface area contributed by atoms with Crippen molar-refractivity contribution in [3.63, 3.8) is 0 Å². The highest BCUT2D eigenvalue weighted by Crippen LogP contribution is 2.29. The number of benzene rings is 1. The van der Waals surface area contributed by atoms with E-state index >= 15 is 0 Å². The zero-order chi connectivity index (χ0) is 13.4. The van der Waals surface area contributed by atoms with Gasteiger partial charge in [-0.2, -0.15) is 0 Å². The highest BCUT2D eigenvalue weighted by molar-refractivity contribution is 6.07. The maximum absolute atomic E-state index is 4.30. The Morgan fingerprint density at radius 2 is 1.74 bits per heavy atom. The second-order valence-electron chi connectivity index (χ2n) is 5.74. The number of hydrogen-bond donors (Lipinski definition) is 0. The first-order valence-electron chi connectivity index (χ1n) is 6.99. The lowest BCUT2D eigenvalue weighted by Crippen LogP contribution is -2.12. The molecule has 0 N–H and O–H groups in total. The normalized spacial score (nSPS) is 13.5. The lowest BCUT2D eigenvalue weighted by atomic mass is 9.98. The second-order valence-corrected chi connectivity index (χ2v) is 5.74. The number of rotatable bonds is 3. The van der Waals surface area contributed by atoms with Crippen LogP contribution in [0.25, 0.3) is 21.8 Å². The van der Waals surface area contributed by atoms with Crippen molar-refractivity contribution in [1.82, 2.24) is 9.55 Å². The lowest BCUT2D eigenvalue weighted by Gasteiger charge is -2.17. The van der Waals surface area contributed by atoms with E-state index in [0.717, 1.165) is 6.54 Å². The Labute approximate surface area is 114 Å². The minimum absolute atomic E-state index is 0.652. The van der Waals surface area contributed by atoms with Crippen molar-refractivity contribution in [2.24, 2.45) is 11.8 Å². The van der Waals surface area contributed by atoms with Gasteiger partial charge in [-0.15, -0.1) is 0 Å². The van der Waals surface area contributed by atoms with Gasteiger partial charge in [-0.1, -0.05) is 39.0 Å². The van der Waals surface area contributed by atoms with Gasteiger partial charge in [-0.05, 0) is 24.0 Å². The van der Waals surface area contributed by atoms with E-state index < -0.39 is 0 Å². The molecule has 19 heavy (non-hydrogen) atoms. The van der Waals surface area contributed by atoms with Gasteiger partial charge >= 0.3 is 0 Å². The quantitative estimate of drug-likeness (QED) is 0.672. The molecule has 0 saturated heterocycles. The Morgan fingerprint density at radius 3 is 2.53 bits per heavy atom. The van der Waals surface area contributed by atoms with Gasteiger partial charge in [0.1, 0.15) is 0 Å². The van der Waals surface area contributed by atoms with Gasteiger partial charge in [-0.25, -0.2) is 0 Å². The summed E-state index contributed by atoms with van der Waals surface area (Å²) >= 11 is 0. The summed E-state index contributed by atoms with van der Waals surface area (Å²) in [6, 6.07) is 10.8. The average molecular weight is 252 g/mol. The molecule has 0 aliphatic rings. The third-order valence-electron chi connectivity index (χ3n) is 4.18. The van der Waals surface area contributed by atoms with Crippen LogP contribution < -0.4 is 0 Å². The van der Waals surface area contributed by atoms with E-state index in [1.54, 1.807) is 0 Å². The molecule has 3 rings (SSSR count). The fourth-order valence-electron chi connectivity index (χ4n) is 2.59. The molecule has 0 fully saturated rings. The van der Waals surface area contributed by atoms with Crippen LogP contribution in [-0.2, 0) is 6.54 Å². The Balaban J connectivity index is 2.25. The van der Waals surface area contributed by atoms with Gasteiger partial charge in [0.2, 0.25) is 0 Å². The van der Waals surface area contributed by atoms with E-state index in [4.69, 9.17) is 0 Å². The molecule has 0 radical (unpaired) electrons. The molecule has 0 aliphatic heterocycles. The minimum atomic E-state index is 0.652. The molecule has 0 saturated carbocycles. The summed E-state index contributed by atoms with van der Waals surface area (Å²) in [7, 11) is 0. The van der Waals surface area contributed by atoms with Crippen molar-refractivity contribution in [3.8, 4) is 0 Å². The molecular formula is C17H20N2. The number of para-hydroxylation sites is 1. The smallest absolute Gasteiger partial charge is 0.0677 e. The summed E-state index contributed by atoms with van der Waals surface area (Å²) < 4.78 is 2.42. The molecule has 1 unspecified atom stereocenters. The predicted molar refractivity (Wildman–Crippen MR) is 81.2 cm³/mol. The second kappa shape index (κ2) is 4.69. The van der Waals surface area contributed by atoms with Crippen molar-refractivity contribution in [1.29, 1.82) is 0 Å². The maximum Gasteiger partial charge on any atom is 0.0677 e. The van der Waals surface area contributed by atoms with E-state index in [9.17, 15) is 0 Å². The summed E-state index contributed by atoms with van der Waals surface area (Å²) in [6.45, 7) is 7.95. The number of aromatic nitrogens is 2. The first-order chi connectivity index (χ1) is 9.18. The SMILES string of the molecule is CC(C)C(C)Cn1c2ccccc2c2ccncc21. The van der Waals surface area contributed by atoms with Crippen molar-refractivity contribution in [2.45, 2.75) is 27.3 Å². The molecule has 0 spiro atoms. The van der Waals surface area contributed by atoms with Crippen LogP contribution in [0.3, 0.4) is 0 Å². The van der Waals surface area contributed by atoms with Crippen LogP contribution in [0.15, 0.2) is 42.7 Å². The van der Waals surface area contributed by atoms with Crippen LogP contribution in [0.2, 0.25) is 0 Å². The summed E-state index contributed by atoms with van der Waals surface area (Å²) in [6.07, 6.45) is 3.87. The number of fused-ring (bicyclic) bond motifs is 3. The van der Waals surface area contributed by atoms with Crippen LogP contribution >= 0.6 is 0 Å². The molecule has 2 nitrogen and oxygen atoms in total. The summed E-state index contributed by atoms with van der Waals surface area (Å²) in [5, 5.41) is 2.64. The van der Waals surface area contributed by atoms with Crippen LogP contribution in [-0.4, -0.2) is 9.55 Å². The van der Waals surface area contributed by atoms with Crippen LogP contribution in [0.4, 0.5) is 0 Å². The van der Waals surface area contributed by atoms with Crippen LogP contribution in [0.1, 0.15) is 20.8 Å². The molecule has 0 bridgehead atoms. The van der Waals surface area contributed by atoms with Gasteiger partial charge in [0.05, 0.1) is 11.7 Å². The number of pyridine rings is 1. The van der Waals surface area contributed by atoms with Crippen molar-refractivity contribution < 1.29 is 0 Å². The first kappa shape index (κ1) is 12.2. The Kier molecular flexibility index (Phi) is 3.02. The fraction of sp³-hybridized carbons (Fsp3) is 0.353. The van der Waals surface area contributed by atoms with Crippen molar-refractivity contribution in [3.05, 3.63) is 42.7 Å². The molecule has 0 aliphatic carbocycles. The Hall–Kier alpha value is -1.83. The highest BCUT2D eigenvalue weighted by Gasteiger charge is 2.14. The topological polar surface area (TPSA) is 17.8 Å². The Morgan fingerprint density at radius 1 is 1.00 bits per heavy atom. The molecule has 2 heterocycles. The molecule has 2 heteroatoms. The molecule has 3 aromatic rings. The monoisotopic (exact) mass is 252 g/mol. The largest absolute Gasteiger partial charge is 0.339 e. The number of nitrogens with zero attached hydrogens (tertiary/aromatic N) is 2. The van der Waals surface area contributed by atoms with Crippen LogP contribution in [0.5, 0.6) is 0 Å². The van der Waals surface area contributed by atoms with Crippen molar-refractivity contribution >= 4 is 21.8 Å². The maximum atomic E-state index is 4.30. The van der Waals surface area contributed by atoms with Gasteiger partial charge in [0, 0.05) is 29.0 Å². The summed E-state index contributed by atoms with van der Waals surface area (Å²) in [4.78, 5) is 4.30. The van der Waals surface area contributed by atoms with E-state index in [1.807, 2.05) is 12.4 Å². The van der Waals surface area contributed by atoms with Gasteiger partial charge in [0.15, 0.2) is 0 Å². The van der Waals surface area contributed by atoms with E-state index in [0.29, 0.717) is 11.8 Å². The zero-order valence-electron chi connectivity index (χ0n) is 11.8. The Bertz CT molecular complexity index is 656. The molecule has 0 amide bonds. The van der Waals surface area contributed by atoms with Gasteiger partial charge in [-0.3, -0.25) is 4.98 Å². The molecule has 98 valence electrons. The summed E-state index contributed by atoms with van der Waals surface area (Å²) in [5.74, 6) is 1.34. The fourth-order valence-corrected chi connectivity index (χ4v) is 2.59. The molecular weight excluding hydrogens is 232 g/mol. The highest BCUT2D eigenvalue weighted by atomic mass is 15.0.